The lowest BCUT2D eigenvalue weighted by Crippen LogP contribution is -2.50. The van der Waals surface area contributed by atoms with Gasteiger partial charge in [0.1, 0.15) is 0 Å². The predicted octanol–water partition coefficient (Wildman–Crippen LogP) is 5.13. The van der Waals surface area contributed by atoms with Crippen molar-refractivity contribution in [2.45, 2.75) is 50.2 Å². The number of nitrogens with one attached hydrogen (secondary N) is 2. The number of hydrogen-bond donors (Lipinski definition) is 2. The van der Waals surface area contributed by atoms with Crippen molar-refractivity contribution in [3.05, 3.63) is 95.8 Å². The zero-order chi connectivity index (χ0) is 24.5. The summed E-state index contributed by atoms with van der Waals surface area (Å²) in [4.78, 5) is 33.9. The lowest BCUT2D eigenvalue weighted by atomic mass is 9.80. The molecule has 2 N–H and O–H groups in total. The quantitative estimate of drug-likeness (QED) is 0.543. The van der Waals surface area contributed by atoms with Crippen molar-refractivity contribution in [2.24, 2.45) is 11.8 Å². The summed E-state index contributed by atoms with van der Waals surface area (Å²) in [7, 11) is 0. The SMILES string of the molecule is O=C(NC1CCCC[C@@H]1C(=O)N1CC[C@H]2[C@@H](c3ccccn3)Nc3ccccc3[C@H]21)c1ccccc1. The summed E-state index contributed by atoms with van der Waals surface area (Å²) < 4.78 is 0. The lowest BCUT2D eigenvalue weighted by molar-refractivity contribution is -0.138. The van der Waals surface area contributed by atoms with Gasteiger partial charge in [-0.15, -0.1) is 0 Å². The van der Waals surface area contributed by atoms with Gasteiger partial charge >= 0.3 is 0 Å². The predicted molar refractivity (Wildman–Crippen MR) is 139 cm³/mol. The number of nitrogens with zero attached hydrogens (tertiary/aromatic N) is 2. The number of carbonyl (C=O) groups is 2. The fourth-order valence-corrected chi connectivity index (χ4v) is 6.48. The van der Waals surface area contributed by atoms with Gasteiger partial charge in [-0.05, 0) is 55.2 Å². The van der Waals surface area contributed by atoms with E-state index in [0.29, 0.717) is 5.56 Å². The molecule has 6 rings (SSSR count). The molecular weight excluding hydrogens is 448 g/mol. The molecule has 3 aromatic rings. The first-order valence-electron chi connectivity index (χ1n) is 13.1. The Morgan fingerprint density at radius 3 is 2.50 bits per heavy atom. The Kier molecular flexibility index (Phi) is 6.18. The number of fused-ring (bicyclic) bond motifs is 3. The fourth-order valence-electron chi connectivity index (χ4n) is 6.48. The molecular formula is C30H32N4O2. The van der Waals surface area contributed by atoms with Gasteiger partial charge in [0.15, 0.2) is 0 Å². The summed E-state index contributed by atoms with van der Waals surface area (Å²) in [6.45, 7) is 0.726. The van der Waals surface area contributed by atoms with E-state index in [2.05, 4.69) is 44.8 Å². The molecule has 5 atom stereocenters. The van der Waals surface area contributed by atoms with Gasteiger partial charge in [0.2, 0.25) is 5.91 Å². The largest absolute Gasteiger partial charge is 0.376 e. The fraction of sp³-hybridized carbons (Fsp3) is 0.367. The summed E-state index contributed by atoms with van der Waals surface area (Å²) in [5, 5.41) is 6.93. The first-order valence-corrected chi connectivity index (χ1v) is 13.1. The first-order chi connectivity index (χ1) is 17.7. The Morgan fingerprint density at radius 2 is 1.67 bits per heavy atom. The normalized spacial score (nSPS) is 26.9. The number of aromatic nitrogens is 1. The number of rotatable bonds is 4. The van der Waals surface area contributed by atoms with Crippen LogP contribution in [-0.4, -0.2) is 34.3 Å². The average Bonchev–Trinajstić information content (AvgIpc) is 3.39. The van der Waals surface area contributed by atoms with Gasteiger partial charge < -0.3 is 15.5 Å². The van der Waals surface area contributed by atoms with Crippen molar-refractivity contribution in [1.82, 2.24) is 15.2 Å². The van der Waals surface area contributed by atoms with Crippen LogP contribution in [0.2, 0.25) is 0 Å². The number of benzene rings is 2. The van der Waals surface area contributed by atoms with E-state index in [9.17, 15) is 9.59 Å². The van der Waals surface area contributed by atoms with Crippen molar-refractivity contribution < 1.29 is 9.59 Å². The molecule has 6 heteroatoms. The Labute approximate surface area is 212 Å². The second-order valence-corrected chi connectivity index (χ2v) is 10.2. The molecule has 1 unspecified atom stereocenters. The molecule has 2 aromatic carbocycles. The molecule has 1 saturated carbocycles. The summed E-state index contributed by atoms with van der Waals surface area (Å²) in [6, 6.07) is 23.6. The number of para-hydroxylation sites is 1. The molecule has 36 heavy (non-hydrogen) atoms. The van der Waals surface area contributed by atoms with Gasteiger partial charge in [-0.1, -0.05) is 55.3 Å². The van der Waals surface area contributed by atoms with E-state index in [-0.39, 0.29) is 41.8 Å². The minimum atomic E-state index is -0.194. The van der Waals surface area contributed by atoms with Crippen molar-refractivity contribution >= 4 is 17.5 Å². The van der Waals surface area contributed by atoms with Crippen LogP contribution in [0.25, 0.3) is 0 Å². The van der Waals surface area contributed by atoms with Crippen LogP contribution in [0.4, 0.5) is 5.69 Å². The molecule has 2 amide bonds. The van der Waals surface area contributed by atoms with Gasteiger partial charge in [-0.2, -0.15) is 0 Å². The highest BCUT2D eigenvalue weighted by molar-refractivity contribution is 5.94. The van der Waals surface area contributed by atoms with Crippen LogP contribution >= 0.6 is 0 Å². The molecule has 0 bridgehead atoms. The van der Waals surface area contributed by atoms with Gasteiger partial charge in [0.05, 0.1) is 23.7 Å². The third-order valence-electron chi connectivity index (χ3n) is 8.19. The standard InChI is InChI=1S/C30H32N4O2/c35-29(20-10-2-1-3-11-20)33-25-15-7-5-13-22(25)30(36)34-19-17-23-27(26-16-8-9-18-31-26)32-24-14-6-4-12-21(24)28(23)34/h1-4,6,8-12,14,16,18,22-23,25,27-28,32H,5,7,13,15,17,19H2,(H,33,35)/t22-,23-,25?,27-,28+/m0/s1. The third-order valence-corrected chi connectivity index (χ3v) is 8.19. The minimum Gasteiger partial charge on any atom is -0.376 e. The van der Waals surface area contributed by atoms with Crippen LogP contribution in [0.5, 0.6) is 0 Å². The smallest absolute Gasteiger partial charge is 0.251 e. The summed E-state index contributed by atoms with van der Waals surface area (Å²) in [5.41, 5.74) is 3.91. The maximum Gasteiger partial charge on any atom is 0.251 e. The van der Waals surface area contributed by atoms with E-state index >= 15 is 0 Å². The van der Waals surface area contributed by atoms with Crippen molar-refractivity contribution in [2.75, 3.05) is 11.9 Å². The summed E-state index contributed by atoms with van der Waals surface area (Å²) >= 11 is 0. The van der Waals surface area contributed by atoms with E-state index in [4.69, 9.17) is 0 Å². The van der Waals surface area contributed by atoms with Crippen LogP contribution in [0.15, 0.2) is 79.0 Å². The molecule has 2 aliphatic heterocycles. The molecule has 3 aliphatic rings. The molecule has 6 nitrogen and oxygen atoms in total. The lowest BCUT2D eigenvalue weighted by Gasteiger charge is -2.41. The van der Waals surface area contributed by atoms with Crippen LogP contribution in [0, 0.1) is 11.8 Å². The zero-order valence-electron chi connectivity index (χ0n) is 20.3. The minimum absolute atomic E-state index is 0.00866. The number of anilines is 1. The van der Waals surface area contributed by atoms with Crippen LogP contribution < -0.4 is 10.6 Å². The second kappa shape index (κ2) is 9.76. The first kappa shape index (κ1) is 22.8. The highest BCUT2D eigenvalue weighted by Gasteiger charge is 2.48. The topological polar surface area (TPSA) is 74.3 Å². The number of amides is 2. The van der Waals surface area contributed by atoms with E-state index in [1.807, 2.05) is 54.7 Å². The van der Waals surface area contributed by atoms with Crippen molar-refractivity contribution in [3.8, 4) is 0 Å². The highest BCUT2D eigenvalue weighted by atomic mass is 16.2. The van der Waals surface area contributed by atoms with E-state index in [1.54, 1.807) is 0 Å². The molecule has 1 aliphatic carbocycles. The average molecular weight is 481 g/mol. The number of pyridine rings is 1. The monoisotopic (exact) mass is 480 g/mol. The van der Waals surface area contributed by atoms with Crippen molar-refractivity contribution in [1.29, 1.82) is 0 Å². The zero-order valence-corrected chi connectivity index (χ0v) is 20.3. The molecule has 1 saturated heterocycles. The molecule has 0 radical (unpaired) electrons. The molecule has 184 valence electrons. The Balaban J connectivity index is 1.28. The highest BCUT2D eigenvalue weighted by Crippen LogP contribution is 2.51. The van der Waals surface area contributed by atoms with Crippen LogP contribution in [0.3, 0.4) is 0 Å². The van der Waals surface area contributed by atoms with Crippen molar-refractivity contribution in [3.63, 3.8) is 0 Å². The maximum atomic E-state index is 14.2. The van der Waals surface area contributed by atoms with Gasteiger partial charge in [-0.3, -0.25) is 14.6 Å². The molecule has 2 fully saturated rings. The van der Waals surface area contributed by atoms with Gasteiger partial charge in [0, 0.05) is 36.0 Å². The van der Waals surface area contributed by atoms with Crippen LogP contribution in [-0.2, 0) is 4.79 Å². The number of likely N-dealkylation sites (tertiary alicyclic amines) is 1. The second-order valence-electron chi connectivity index (χ2n) is 10.2. The Bertz CT molecular complexity index is 1230. The molecule has 1 aromatic heterocycles. The van der Waals surface area contributed by atoms with E-state index < -0.39 is 0 Å². The Hall–Kier alpha value is -3.67. The molecule has 3 heterocycles. The summed E-state index contributed by atoms with van der Waals surface area (Å²) in [6.07, 6.45) is 6.47. The van der Waals surface area contributed by atoms with Crippen LogP contribution in [0.1, 0.15) is 65.8 Å². The molecule has 0 spiro atoms. The number of hydrogen-bond acceptors (Lipinski definition) is 4. The third kappa shape index (κ3) is 4.15. The summed E-state index contributed by atoms with van der Waals surface area (Å²) in [5.74, 6) is 0.138. The van der Waals surface area contributed by atoms with E-state index in [0.717, 1.165) is 50.0 Å². The number of carbonyl (C=O) groups excluding carboxylic acids is 2. The Morgan fingerprint density at radius 1 is 0.889 bits per heavy atom. The van der Waals surface area contributed by atoms with Gasteiger partial charge in [0.25, 0.3) is 5.91 Å². The maximum absolute atomic E-state index is 14.2. The van der Waals surface area contributed by atoms with Gasteiger partial charge in [-0.25, -0.2) is 0 Å². The van der Waals surface area contributed by atoms with E-state index in [1.165, 1.54) is 5.56 Å².